The van der Waals surface area contributed by atoms with Gasteiger partial charge in [-0.3, -0.25) is 9.69 Å². The van der Waals surface area contributed by atoms with Gasteiger partial charge in [0, 0.05) is 26.1 Å². The second kappa shape index (κ2) is 9.38. The summed E-state index contributed by atoms with van der Waals surface area (Å²) in [4.78, 5) is 16.9. The molecular formula is C25H32N2O. The van der Waals surface area contributed by atoms with Crippen molar-refractivity contribution in [2.75, 3.05) is 26.2 Å². The van der Waals surface area contributed by atoms with E-state index in [0.29, 0.717) is 5.91 Å². The average Bonchev–Trinajstić information content (AvgIpc) is 3.29. The lowest BCUT2D eigenvalue weighted by molar-refractivity contribution is -0.130. The van der Waals surface area contributed by atoms with Crippen molar-refractivity contribution in [3.05, 3.63) is 60.2 Å². The molecule has 28 heavy (non-hydrogen) atoms. The Kier molecular flexibility index (Phi) is 6.43. The molecule has 0 atom stereocenters. The van der Waals surface area contributed by atoms with Crippen LogP contribution in [0.3, 0.4) is 0 Å². The molecule has 0 bridgehead atoms. The van der Waals surface area contributed by atoms with Crippen LogP contribution < -0.4 is 0 Å². The van der Waals surface area contributed by atoms with E-state index in [-0.39, 0.29) is 0 Å². The number of nitrogens with zero attached hydrogens (tertiary/aromatic N) is 2. The van der Waals surface area contributed by atoms with Crippen molar-refractivity contribution in [1.29, 1.82) is 0 Å². The van der Waals surface area contributed by atoms with Gasteiger partial charge in [0.2, 0.25) is 5.91 Å². The standard InChI is InChI=1S/C25H32N2O/c28-25(27-16-4-5-17-27)13-10-21-14-18-26(19-15-21)20-22-8-11-24(12-9-22)23-6-2-1-3-7-23/h1-3,6-9,11-12,21H,4-5,10,13-20H2. The predicted octanol–water partition coefficient (Wildman–Crippen LogP) is 4.97. The molecule has 0 radical (unpaired) electrons. The number of piperidine rings is 1. The average molecular weight is 377 g/mol. The van der Waals surface area contributed by atoms with Gasteiger partial charge in [0.15, 0.2) is 0 Å². The largest absolute Gasteiger partial charge is 0.343 e. The molecule has 2 aliphatic heterocycles. The molecule has 2 aliphatic rings. The topological polar surface area (TPSA) is 23.6 Å². The minimum absolute atomic E-state index is 0.387. The van der Waals surface area contributed by atoms with E-state index < -0.39 is 0 Å². The van der Waals surface area contributed by atoms with Crippen LogP contribution in [0.5, 0.6) is 0 Å². The molecule has 4 rings (SSSR count). The molecule has 0 saturated carbocycles. The van der Waals surface area contributed by atoms with Gasteiger partial charge in [0.1, 0.15) is 0 Å². The summed E-state index contributed by atoms with van der Waals surface area (Å²) in [6.07, 6.45) is 6.68. The van der Waals surface area contributed by atoms with Crippen LogP contribution in [-0.4, -0.2) is 41.9 Å². The van der Waals surface area contributed by atoms with E-state index in [1.54, 1.807) is 0 Å². The number of likely N-dealkylation sites (tertiary alicyclic amines) is 2. The zero-order chi connectivity index (χ0) is 19.2. The number of rotatable bonds is 6. The van der Waals surface area contributed by atoms with Crippen LogP contribution in [0.4, 0.5) is 0 Å². The van der Waals surface area contributed by atoms with Gasteiger partial charge in [-0.25, -0.2) is 0 Å². The molecular weight excluding hydrogens is 344 g/mol. The van der Waals surface area contributed by atoms with Crippen molar-refractivity contribution in [3.63, 3.8) is 0 Å². The number of carbonyl (C=O) groups excluding carboxylic acids is 1. The molecule has 2 fully saturated rings. The van der Waals surface area contributed by atoms with E-state index >= 15 is 0 Å². The summed E-state index contributed by atoms with van der Waals surface area (Å²) in [5, 5.41) is 0. The third-order valence-corrected chi connectivity index (χ3v) is 6.40. The minimum atomic E-state index is 0.387. The molecule has 3 heteroatoms. The Labute approximate surface area is 169 Å². The molecule has 0 aromatic heterocycles. The number of hydrogen-bond acceptors (Lipinski definition) is 2. The van der Waals surface area contributed by atoms with E-state index in [1.165, 1.54) is 42.4 Å². The van der Waals surface area contributed by atoms with Gasteiger partial charge in [-0.05, 0) is 67.8 Å². The van der Waals surface area contributed by atoms with Crippen LogP contribution in [0.15, 0.2) is 54.6 Å². The Morgan fingerprint density at radius 3 is 2.14 bits per heavy atom. The first kappa shape index (κ1) is 19.2. The fraction of sp³-hybridized carbons (Fsp3) is 0.480. The number of benzene rings is 2. The van der Waals surface area contributed by atoms with Crippen LogP contribution in [0, 0.1) is 5.92 Å². The Hall–Kier alpha value is -2.13. The number of amides is 1. The van der Waals surface area contributed by atoms with Crippen molar-refractivity contribution in [2.24, 2.45) is 5.92 Å². The first-order valence-electron chi connectivity index (χ1n) is 10.9. The maximum Gasteiger partial charge on any atom is 0.222 e. The van der Waals surface area contributed by atoms with E-state index in [4.69, 9.17) is 0 Å². The van der Waals surface area contributed by atoms with Crippen LogP contribution in [0.25, 0.3) is 11.1 Å². The normalized spacial score (nSPS) is 18.5. The summed E-state index contributed by atoms with van der Waals surface area (Å²) in [5.41, 5.74) is 3.95. The van der Waals surface area contributed by atoms with Gasteiger partial charge in [0.25, 0.3) is 0 Å². The molecule has 0 N–H and O–H groups in total. The second-order valence-corrected chi connectivity index (χ2v) is 8.41. The SMILES string of the molecule is O=C(CCC1CCN(Cc2ccc(-c3ccccc3)cc2)CC1)N1CCCC1. The highest BCUT2D eigenvalue weighted by Crippen LogP contribution is 2.25. The van der Waals surface area contributed by atoms with Gasteiger partial charge in [0.05, 0.1) is 0 Å². The third kappa shape index (κ3) is 5.02. The minimum Gasteiger partial charge on any atom is -0.343 e. The summed E-state index contributed by atoms with van der Waals surface area (Å²) in [7, 11) is 0. The second-order valence-electron chi connectivity index (χ2n) is 8.41. The van der Waals surface area contributed by atoms with Gasteiger partial charge in [-0.2, -0.15) is 0 Å². The van der Waals surface area contributed by atoms with E-state index in [1.807, 2.05) is 0 Å². The predicted molar refractivity (Wildman–Crippen MR) is 115 cm³/mol. The van der Waals surface area contributed by atoms with Crippen molar-refractivity contribution in [1.82, 2.24) is 9.80 Å². The highest BCUT2D eigenvalue weighted by molar-refractivity contribution is 5.76. The Morgan fingerprint density at radius 1 is 0.821 bits per heavy atom. The molecule has 2 heterocycles. The molecule has 1 amide bonds. The molecule has 2 aromatic carbocycles. The maximum absolute atomic E-state index is 12.2. The fourth-order valence-electron chi connectivity index (χ4n) is 4.58. The first-order chi connectivity index (χ1) is 13.8. The summed E-state index contributed by atoms with van der Waals surface area (Å²) in [6, 6.07) is 19.6. The van der Waals surface area contributed by atoms with E-state index in [9.17, 15) is 4.79 Å². The molecule has 0 aliphatic carbocycles. The lowest BCUT2D eigenvalue weighted by Crippen LogP contribution is -2.34. The van der Waals surface area contributed by atoms with Crippen molar-refractivity contribution < 1.29 is 4.79 Å². The van der Waals surface area contributed by atoms with Gasteiger partial charge >= 0.3 is 0 Å². The molecule has 0 unspecified atom stereocenters. The highest BCUT2D eigenvalue weighted by atomic mass is 16.2. The van der Waals surface area contributed by atoms with Crippen molar-refractivity contribution in [2.45, 2.75) is 45.1 Å². The third-order valence-electron chi connectivity index (χ3n) is 6.40. The van der Waals surface area contributed by atoms with Gasteiger partial charge in [-0.1, -0.05) is 54.6 Å². The van der Waals surface area contributed by atoms with Crippen LogP contribution in [0.2, 0.25) is 0 Å². The smallest absolute Gasteiger partial charge is 0.222 e. The van der Waals surface area contributed by atoms with Gasteiger partial charge in [-0.15, -0.1) is 0 Å². The summed E-state index contributed by atoms with van der Waals surface area (Å²) >= 11 is 0. The zero-order valence-corrected chi connectivity index (χ0v) is 16.9. The Bertz CT molecular complexity index is 742. The monoisotopic (exact) mass is 376 g/mol. The molecule has 148 valence electrons. The van der Waals surface area contributed by atoms with Crippen molar-refractivity contribution in [3.8, 4) is 11.1 Å². The van der Waals surface area contributed by atoms with Crippen LogP contribution >= 0.6 is 0 Å². The summed E-state index contributed by atoms with van der Waals surface area (Å²) < 4.78 is 0. The summed E-state index contributed by atoms with van der Waals surface area (Å²) in [5.74, 6) is 1.11. The van der Waals surface area contributed by atoms with Crippen molar-refractivity contribution >= 4 is 5.91 Å². The molecule has 0 spiro atoms. The molecule has 2 saturated heterocycles. The lowest BCUT2D eigenvalue weighted by Gasteiger charge is -2.32. The number of carbonyl (C=O) groups is 1. The van der Waals surface area contributed by atoms with Crippen LogP contribution in [-0.2, 0) is 11.3 Å². The Morgan fingerprint density at radius 2 is 1.46 bits per heavy atom. The first-order valence-corrected chi connectivity index (χ1v) is 10.9. The van der Waals surface area contributed by atoms with E-state index in [2.05, 4.69) is 64.4 Å². The fourth-order valence-corrected chi connectivity index (χ4v) is 4.58. The molecule has 2 aromatic rings. The van der Waals surface area contributed by atoms with Crippen LogP contribution in [0.1, 0.15) is 44.1 Å². The summed E-state index contributed by atoms with van der Waals surface area (Å²) in [6.45, 7) is 5.32. The quantitative estimate of drug-likeness (QED) is 0.711. The number of hydrogen-bond donors (Lipinski definition) is 0. The van der Waals surface area contributed by atoms with Gasteiger partial charge < -0.3 is 4.90 Å². The lowest BCUT2D eigenvalue weighted by atomic mass is 9.91. The highest BCUT2D eigenvalue weighted by Gasteiger charge is 2.22. The van der Waals surface area contributed by atoms with E-state index in [0.717, 1.165) is 51.5 Å². The molecule has 3 nitrogen and oxygen atoms in total. The Balaban J connectivity index is 1.20. The zero-order valence-electron chi connectivity index (χ0n) is 16.9. The maximum atomic E-state index is 12.2.